The van der Waals surface area contributed by atoms with Crippen LogP contribution in [0.15, 0.2) is 12.1 Å². The number of hydrogen-bond donors (Lipinski definition) is 0. The molecule has 0 saturated heterocycles. The van der Waals surface area contributed by atoms with Crippen LogP contribution in [0.2, 0.25) is 10.0 Å². The van der Waals surface area contributed by atoms with E-state index in [-0.39, 0.29) is 21.5 Å². The fourth-order valence-electron chi connectivity index (χ4n) is 0.979. The number of rotatable bonds is 0. The molecule has 0 N–H and O–H groups in total. The van der Waals surface area contributed by atoms with E-state index in [1.54, 1.807) is 0 Å². The van der Waals surface area contributed by atoms with Gasteiger partial charge in [0.25, 0.3) is 0 Å². The lowest BCUT2D eigenvalue weighted by Crippen LogP contribution is -2.26. The predicted molar refractivity (Wildman–Crippen MR) is 42.7 cm³/mol. The molecule has 0 aromatic heterocycles. The molecule has 0 atom stereocenters. The van der Waals surface area contributed by atoms with E-state index in [4.69, 9.17) is 23.2 Å². The largest absolute Gasteiger partial charge is 0.586 e. The lowest BCUT2D eigenvalue weighted by atomic mass is 10.3. The molecule has 6 heteroatoms. The lowest BCUT2D eigenvalue weighted by Gasteiger charge is -2.04. The Morgan fingerprint density at radius 3 is 2.54 bits per heavy atom. The highest BCUT2D eigenvalue weighted by molar-refractivity contribution is 6.35. The average molecular weight is 227 g/mol. The quantitative estimate of drug-likeness (QED) is 0.676. The van der Waals surface area contributed by atoms with Gasteiger partial charge in [-0.3, -0.25) is 0 Å². The maximum absolute atomic E-state index is 12.5. The Kier molecular flexibility index (Phi) is 1.78. The van der Waals surface area contributed by atoms with Crippen molar-refractivity contribution in [3.63, 3.8) is 0 Å². The fraction of sp³-hybridized carbons (Fsp3) is 0.143. The van der Waals surface area contributed by atoms with Gasteiger partial charge in [-0.1, -0.05) is 23.2 Å². The minimum Gasteiger partial charge on any atom is -0.395 e. The maximum Gasteiger partial charge on any atom is 0.586 e. The molecule has 0 spiro atoms. The van der Waals surface area contributed by atoms with E-state index < -0.39 is 6.29 Å². The van der Waals surface area contributed by atoms with Gasteiger partial charge in [0.1, 0.15) is 0 Å². The van der Waals surface area contributed by atoms with Gasteiger partial charge in [0.2, 0.25) is 0 Å². The molecule has 0 fully saturated rings. The van der Waals surface area contributed by atoms with Crippen LogP contribution in [0.1, 0.15) is 0 Å². The molecular formula is C7H2Cl2F2O2. The Morgan fingerprint density at radius 2 is 1.85 bits per heavy atom. The zero-order valence-corrected chi connectivity index (χ0v) is 7.49. The van der Waals surface area contributed by atoms with Crippen LogP contribution in [0.5, 0.6) is 11.5 Å². The van der Waals surface area contributed by atoms with Gasteiger partial charge in [-0.05, 0) is 6.07 Å². The highest BCUT2D eigenvalue weighted by atomic mass is 35.5. The van der Waals surface area contributed by atoms with Crippen LogP contribution in [-0.4, -0.2) is 6.29 Å². The number of fused-ring (bicyclic) bond motifs is 1. The van der Waals surface area contributed by atoms with Crippen molar-refractivity contribution in [3.8, 4) is 11.5 Å². The number of benzene rings is 1. The summed E-state index contributed by atoms with van der Waals surface area (Å²) >= 11 is 11.1. The van der Waals surface area contributed by atoms with E-state index in [2.05, 4.69) is 9.47 Å². The van der Waals surface area contributed by atoms with Crippen molar-refractivity contribution in [2.75, 3.05) is 0 Å². The van der Waals surface area contributed by atoms with Crippen LogP contribution < -0.4 is 9.47 Å². The van der Waals surface area contributed by atoms with Crippen LogP contribution in [0.4, 0.5) is 8.78 Å². The Bertz CT molecular complexity index is 368. The van der Waals surface area contributed by atoms with Gasteiger partial charge in [0.05, 0.1) is 5.02 Å². The second-order valence-electron chi connectivity index (χ2n) is 2.38. The summed E-state index contributed by atoms with van der Waals surface area (Å²) in [4.78, 5) is 0. The topological polar surface area (TPSA) is 18.5 Å². The van der Waals surface area contributed by atoms with Crippen molar-refractivity contribution in [2.45, 2.75) is 6.29 Å². The van der Waals surface area contributed by atoms with Crippen molar-refractivity contribution in [3.05, 3.63) is 22.2 Å². The zero-order valence-electron chi connectivity index (χ0n) is 5.98. The van der Waals surface area contributed by atoms with Crippen LogP contribution >= 0.6 is 23.2 Å². The third-order valence-corrected chi connectivity index (χ3v) is 1.92. The van der Waals surface area contributed by atoms with Crippen molar-refractivity contribution in [1.29, 1.82) is 0 Å². The normalized spacial score (nSPS) is 17.5. The minimum absolute atomic E-state index is 0.000301. The molecule has 0 aliphatic carbocycles. The van der Waals surface area contributed by atoms with Crippen molar-refractivity contribution in [1.82, 2.24) is 0 Å². The van der Waals surface area contributed by atoms with E-state index >= 15 is 0 Å². The molecule has 0 amide bonds. The summed E-state index contributed by atoms with van der Waals surface area (Å²) in [5.74, 6) is -0.335. The van der Waals surface area contributed by atoms with Gasteiger partial charge in [0, 0.05) is 11.1 Å². The standard InChI is InChI=1S/C7H2Cl2F2O2/c8-3-1-4(9)6-5(2-3)12-7(10,11)13-6/h1-2H. The van der Waals surface area contributed by atoms with Crippen LogP contribution in [0.25, 0.3) is 0 Å². The Balaban J connectivity index is 2.52. The van der Waals surface area contributed by atoms with Crippen LogP contribution in [0.3, 0.4) is 0 Å². The third kappa shape index (κ3) is 1.51. The zero-order chi connectivity index (χ0) is 9.64. The summed E-state index contributed by atoms with van der Waals surface area (Å²) in [6, 6.07) is 2.51. The Morgan fingerprint density at radius 1 is 1.15 bits per heavy atom. The van der Waals surface area contributed by atoms with E-state index in [9.17, 15) is 8.78 Å². The summed E-state index contributed by atoms with van der Waals surface area (Å²) in [6.45, 7) is 0. The summed E-state index contributed by atoms with van der Waals surface area (Å²) in [5.41, 5.74) is 0. The van der Waals surface area contributed by atoms with Crippen LogP contribution in [-0.2, 0) is 0 Å². The summed E-state index contributed by atoms with van der Waals surface area (Å²) in [5, 5.41) is 0.213. The molecule has 0 bridgehead atoms. The van der Waals surface area contributed by atoms with Crippen molar-refractivity contribution < 1.29 is 18.3 Å². The molecule has 1 aromatic rings. The number of halogens is 4. The molecule has 2 rings (SSSR count). The minimum atomic E-state index is -3.66. The first-order valence-corrected chi connectivity index (χ1v) is 3.98. The van der Waals surface area contributed by atoms with Crippen molar-refractivity contribution in [2.24, 2.45) is 0 Å². The van der Waals surface area contributed by atoms with E-state index in [1.165, 1.54) is 12.1 Å². The Hall–Kier alpha value is -0.740. The monoisotopic (exact) mass is 226 g/mol. The molecule has 1 aliphatic heterocycles. The number of alkyl halides is 2. The predicted octanol–water partition coefficient (Wildman–Crippen LogP) is 3.31. The first-order valence-electron chi connectivity index (χ1n) is 3.23. The molecule has 1 aromatic carbocycles. The van der Waals surface area contributed by atoms with Gasteiger partial charge in [0.15, 0.2) is 11.5 Å². The van der Waals surface area contributed by atoms with Gasteiger partial charge in [-0.2, -0.15) is 0 Å². The lowest BCUT2D eigenvalue weighted by molar-refractivity contribution is -0.286. The van der Waals surface area contributed by atoms with E-state index in [1.807, 2.05) is 0 Å². The molecule has 1 heterocycles. The molecule has 70 valence electrons. The second-order valence-corrected chi connectivity index (χ2v) is 3.23. The SMILES string of the molecule is FC1(F)Oc2cc(Cl)cc(Cl)c2O1. The second kappa shape index (κ2) is 2.62. The molecule has 0 unspecified atom stereocenters. The van der Waals surface area contributed by atoms with Gasteiger partial charge in [-0.25, -0.2) is 0 Å². The van der Waals surface area contributed by atoms with Gasteiger partial charge < -0.3 is 9.47 Å². The van der Waals surface area contributed by atoms with E-state index in [0.29, 0.717) is 0 Å². The highest BCUT2D eigenvalue weighted by Gasteiger charge is 2.44. The number of ether oxygens (including phenoxy) is 2. The molecule has 0 saturated carbocycles. The smallest absolute Gasteiger partial charge is 0.395 e. The van der Waals surface area contributed by atoms with Crippen LogP contribution in [0, 0.1) is 0 Å². The number of hydrogen-bond acceptors (Lipinski definition) is 2. The first-order chi connectivity index (χ1) is 5.98. The maximum atomic E-state index is 12.5. The molecular weight excluding hydrogens is 225 g/mol. The summed E-state index contributed by atoms with van der Waals surface area (Å²) in [7, 11) is 0. The molecule has 13 heavy (non-hydrogen) atoms. The van der Waals surface area contributed by atoms with Gasteiger partial charge >= 0.3 is 6.29 Å². The van der Waals surface area contributed by atoms with Gasteiger partial charge in [-0.15, -0.1) is 8.78 Å². The summed E-state index contributed by atoms with van der Waals surface area (Å²) in [6.07, 6.45) is -3.66. The van der Waals surface area contributed by atoms with E-state index in [0.717, 1.165) is 0 Å². The summed E-state index contributed by atoms with van der Waals surface area (Å²) < 4.78 is 33.3. The molecule has 2 nitrogen and oxygen atoms in total. The molecule has 1 aliphatic rings. The first kappa shape index (κ1) is 8.84. The molecule has 0 radical (unpaired) electrons. The Labute approximate surface area is 82.0 Å². The average Bonchev–Trinajstić information content (AvgIpc) is 2.23. The highest BCUT2D eigenvalue weighted by Crippen LogP contribution is 2.46. The third-order valence-electron chi connectivity index (χ3n) is 1.42. The van der Waals surface area contributed by atoms with Crippen molar-refractivity contribution >= 4 is 23.2 Å². The fourth-order valence-corrected chi connectivity index (χ4v) is 1.49.